The highest BCUT2D eigenvalue weighted by atomic mass is 16.3. The molecule has 0 bridgehead atoms. The second kappa shape index (κ2) is 5.27. The molecule has 4 heteroatoms. The first-order valence-corrected chi connectivity index (χ1v) is 6.46. The zero-order valence-electron chi connectivity index (χ0n) is 10.9. The lowest BCUT2D eigenvalue weighted by molar-refractivity contribution is 0.174. The average Bonchev–Trinajstić information content (AvgIpc) is 2.47. The van der Waals surface area contributed by atoms with Crippen LogP contribution >= 0.6 is 0 Å². The van der Waals surface area contributed by atoms with Crippen LogP contribution in [0.4, 0.5) is 5.82 Å². The first-order chi connectivity index (χ1) is 9.72. The van der Waals surface area contributed by atoms with Gasteiger partial charge in [-0.1, -0.05) is 24.3 Å². The number of para-hydroxylation sites is 1. The Morgan fingerprint density at radius 2 is 1.95 bits per heavy atom. The van der Waals surface area contributed by atoms with E-state index in [1.165, 1.54) is 0 Å². The monoisotopic (exact) mass is 265 g/mol. The van der Waals surface area contributed by atoms with E-state index in [2.05, 4.69) is 9.97 Å². The zero-order valence-corrected chi connectivity index (χ0v) is 10.9. The maximum Gasteiger partial charge on any atom is 0.123 e. The van der Waals surface area contributed by atoms with Gasteiger partial charge in [-0.15, -0.1) is 0 Å². The van der Waals surface area contributed by atoms with Crippen LogP contribution in [-0.2, 0) is 6.42 Å². The summed E-state index contributed by atoms with van der Waals surface area (Å²) < 4.78 is 0. The lowest BCUT2D eigenvalue weighted by Gasteiger charge is -2.11. The number of fused-ring (bicyclic) bond motifs is 1. The third-order valence-electron chi connectivity index (χ3n) is 3.24. The highest BCUT2D eigenvalue weighted by Gasteiger charge is 2.11. The molecule has 4 nitrogen and oxygen atoms in total. The molecule has 0 aliphatic rings. The molecular formula is C16H15N3O. The Bertz CT molecular complexity index is 742. The van der Waals surface area contributed by atoms with E-state index in [1.807, 2.05) is 42.5 Å². The van der Waals surface area contributed by atoms with Crippen LogP contribution in [0.1, 0.15) is 17.4 Å². The van der Waals surface area contributed by atoms with E-state index >= 15 is 0 Å². The molecule has 2 aromatic heterocycles. The smallest absolute Gasteiger partial charge is 0.123 e. The van der Waals surface area contributed by atoms with Crippen LogP contribution in [0.3, 0.4) is 0 Å². The molecule has 0 radical (unpaired) electrons. The zero-order chi connectivity index (χ0) is 13.9. The van der Waals surface area contributed by atoms with Crippen molar-refractivity contribution < 1.29 is 5.11 Å². The summed E-state index contributed by atoms with van der Waals surface area (Å²) in [6.45, 7) is 0. The van der Waals surface area contributed by atoms with Crippen LogP contribution in [0, 0.1) is 0 Å². The van der Waals surface area contributed by atoms with Crippen LogP contribution in [-0.4, -0.2) is 15.1 Å². The van der Waals surface area contributed by atoms with E-state index in [9.17, 15) is 5.11 Å². The molecule has 0 aliphatic heterocycles. The van der Waals surface area contributed by atoms with Gasteiger partial charge >= 0.3 is 0 Å². The Morgan fingerprint density at radius 3 is 2.80 bits per heavy atom. The minimum atomic E-state index is -0.651. The first-order valence-electron chi connectivity index (χ1n) is 6.46. The summed E-state index contributed by atoms with van der Waals surface area (Å²) in [6, 6.07) is 15.3. The number of anilines is 1. The standard InChI is InChI=1S/C16H15N3O/c17-16-10-11(7-8-18-16)9-15(20)14-6-5-12-3-1-2-4-13(12)19-14/h1-8,10,15,20H,9H2,(H2,17,18). The van der Waals surface area contributed by atoms with Gasteiger partial charge in [-0.25, -0.2) is 4.98 Å². The lowest BCUT2D eigenvalue weighted by Crippen LogP contribution is -2.05. The average molecular weight is 265 g/mol. The fourth-order valence-corrected chi connectivity index (χ4v) is 2.22. The van der Waals surface area contributed by atoms with Crippen LogP contribution in [0.25, 0.3) is 10.9 Å². The quantitative estimate of drug-likeness (QED) is 0.763. The third-order valence-corrected chi connectivity index (χ3v) is 3.24. The molecule has 1 aromatic carbocycles. The van der Waals surface area contributed by atoms with E-state index < -0.39 is 6.10 Å². The summed E-state index contributed by atoms with van der Waals surface area (Å²) in [4.78, 5) is 8.44. The van der Waals surface area contributed by atoms with Crippen molar-refractivity contribution >= 4 is 16.7 Å². The molecule has 0 saturated carbocycles. The number of rotatable bonds is 3. The van der Waals surface area contributed by atoms with Crippen molar-refractivity contribution in [3.05, 3.63) is 66.0 Å². The van der Waals surface area contributed by atoms with Gasteiger partial charge in [0, 0.05) is 18.0 Å². The Morgan fingerprint density at radius 1 is 1.10 bits per heavy atom. The predicted molar refractivity (Wildman–Crippen MR) is 79.1 cm³/mol. The molecule has 3 N–H and O–H groups in total. The van der Waals surface area contributed by atoms with Gasteiger partial charge in [0.2, 0.25) is 0 Å². The summed E-state index contributed by atoms with van der Waals surface area (Å²) in [5, 5.41) is 11.4. The maximum atomic E-state index is 10.3. The molecule has 1 atom stereocenters. The van der Waals surface area contributed by atoms with Crippen molar-refractivity contribution in [2.75, 3.05) is 5.73 Å². The second-order valence-corrected chi connectivity index (χ2v) is 4.74. The van der Waals surface area contributed by atoms with Gasteiger partial charge in [0.05, 0.1) is 17.3 Å². The van der Waals surface area contributed by atoms with E-state index in [4.69, 9.17) is 5.73 Å². The normalized spacial score (nSPS) is 12.4. The topological polar surface area (TPSA) is 72.0 Å². The largest absolute Gasteiger partial charge is 0.386 e. The van der Waals surface area contributed by atoms with Crippen molar-refractivity contribution in [1.29, 1.82) is 0 Å². The molecule has 100 valence electrons. The van der Waals surface area contributed by atoms with E-state index in [0.717, 1.165) is 16.5 Å². The Hall–Kier alpha value is -2.46. The summed E-state index contributed by atoms with van der Waals surface area (Å²) >= 11 is 0. The number of benzene rings is 1. The molecule has 1 unspecified atom stereocenters. The number of aliphatic hydroxyl groups excluding tert-OH is 1. The van der Waals surface area contributed by atoms with Gasteiger partial charge in [-0.3, -0.25) is 4.98 Å². The number of aliphatic hydroxyl groups is 1. The van der Waals surface area contributed by atoms with Crippen molar-refractivity contribution in [2.45, 2.75) is 12.5 Å². The Kier molecular flexibility index (Phi) is 3.31. The number of nitrogens with zero attached hydrogens (tertiary/aromatic N) is 2. The molecule has 3 rings (SSSR count). The molecule has 20 heavy (non-hydrogen) atoms. The fourth-order valence-electron chi connectivity index (χ4n) is 2.22. The van der Waals surface area contributed by atoms with Gasteiger partial charge in [0.1, 0.15) is 5.82 Å². The van der Waals surface area contributed by atoms with Gasteiger partial charge in [0.15, 0.2) is 0 Å². The summed E-state index contributed by atoms with van der Waals surface area (Å²) in [5.74, 6) is 0.459. The van der Waals surface area contributed by atoms with Gasteiger partial charge in [0.25, 0.3) is 0 Å². The molecule has 0 saturated heterocycles. The van der Waals surface area contributed by atoms with Gasteiger partial charge in [-0.2, -0.15) is 0 Å². The number of nitrogens with two attached hydrogens (primary N) is 1. The minimum Gasteiger partial charge on any atom is -0.386 e. The number of pyridine rings is 2. The predicted octanol–water partition coefficient (Wildman–Crippen LogP) is 2.49. The van der Waals surface area contributed by atoms with Crippen LogP contribution in [0.5, 0.6) is 0 Å². The number of hydrogen-bond acceptors (Lipinski definition) is 4. The molecule has 0 fully saturated rings. The third kappa shape index (κ3) is 2.60. The van der Waals surface area contributed by atoms with E-state index in [0.29, 0.717) is 17.9 Å². The van der Waals surface area contributed by atoms with Gasteiger partial charge < -0.3 is 10.8 Å². The van der Waals surface area contributed by atoms with Crippen molar-refractivity contribution in [2.24, 2.45) is 0 Å². The number of hydrogen-bond donors (Lipinski definition) is 2. The van der Waals surface area contributed by atoms with Crippen molar-refractivity contribution in [1.82, 2.24) is 9.97 Å². The molecule has 0 amide bonds. The fraction of sp³-hybridized carbons (Fsp3) is 0.125. The minimum absolute atomic E-state index is 0.459. The molecule has 0 aliphatic carbocycles. The maximum absolute atomic E-state index is 10.3. The van der Waals surface area contributed by atoms with Crippen molar-refractivity contribution in [3.63, 3.8) is 0 Å². The van der Waals surface area contributed by atoms with Crippen LogP contribution < -0.4 is 5.73 Å². The van der Waals surface area contributed by atoms with Crippen LogP contribution in [0.15, 0.2) is 54.7 Å². The SMILES string of the molecule is Nc1cc(CC(O)c2ccc3ccccc3n2)ccn1. The summed E-state index contributed by atoms with van der Waals surface area (Å²) in [6.07, 6.45) is 1.46. The molecule has 3 aromatic rings. The number of aromatic nitrogens is 2. The Labute approximate surface area is 116 Å². The first kappa shape index (κ1) is 12.6. The van der Waals surface area contributed by atoms with Gasteiger partial charge in [-0.05, 0) is 29.8 Å². The van der Waals surface area contributed by atoms with E-state index in [1.54, 1.807) is 12.3 Å². The second-order valence-electron chi connectivity index (χ2n) is 4.74. The van der Waals surface area contributed by atoms with Crippen LogP contribution in [0.2, 0.25) is 0 Å². The highest BCUT2D eigenvalue weighted by molar-refractivity contribution is 5.78. The summed E-state index contributed by atoms with van der Waals surface area (Å²) in [7, 11) is 0. The summed E-state index contributed by atoms with van der Waals surface area (Å²) in [5.41, 5.74) is 8.14. The van der Waals surface area contributed by atoms with Crippen molar-refractivity contribution in [3.8, 4) is 0 Å². The molecule has 0 spiro atoms. The highest BCUT2D eigenvalue weighted by Crippen LogP contribution is 2.20. The lowest BCUT2D eigenvalue weighted by atomic mass is 10.1. The van der Waals surface area contributed by atoms with E-state index in [-0.39, 0.29) is 0 Å². The molecule has 2 heterocycles. The number of nitrogen functional groups attached to an aromatic ring is 1. The Balaban J connectivity index is 1.86. The molecular weight excluding hydrogens is 250 g/mol.